The Morgan fingerprint density at radius 2 is 1.95 bits per heavy atom. The fourth-order valence-corrected chi connectivity index (χ4v) is 2.34. The van der Waals surface area contributed by atoms with Crippen molar-refractivity contribution in [2.24, 2.45) is 0 Å². The Labute approximate surface area is 111 Å². The summed E-state index contributed by atoms with van der Waals surface area (Å²) in [5.74, 6) is -0.901. The molecule has 96 valence electrons. The van der Waals surface area contributed by atoms with Gasteiger partial charge in [-0.05, 0) is 30.3 Å². The van der Waals surface area contributed by atoms with Crippen molar-refractivity contribution in [3.8, 4) is 0 Å². The van der Waals surface area contributed by atoms with Gasteiger partial charge in [-0.3, -0.25) is 0 Å². The van der Waals surface area contributed by atoms with Crippen molar-refractivity contribution in [1.82, 2.24) is 0 Å². The molecule has 0 radical (unpaired) electrons. The van der Waals surface area contributed by atoms with Gasteiger partial charge in [0.15, 0.2) is 0 Å². The van der Waals surface area contributed by atoms with Crippen molar-refractivity contribution in [3.05, 3.63) is 54.1 Å². The van der Waals surface area contributed by atoms with E-state index in [1.165, 1.54) is 0 Å². The monoisotopic (exact) mass is 254 g/mol. The number of benzene rings is 2. The normalized spacial score (nSPS) is 13.6. The van der Waals surface area contributed by atoms with Crippen molar-refractivity contribution in [2.45, 2.75) is 0 Å². The van der Waals surface area contributed by atoms with Gasteiger partial charge in [0.05, 0.1) is 16.9 Å². The van der Waals surface area contributed by atoms with E-state index in [-0.39, 0.29) is 0 Å². The zero-order valence-electron chi connectivity index (χ0n) is 10.3. The van der Waals surface area contributed by atoms with Gasteiger partial charge >= 0.3 is 5.97 Å². The van der Waals surface area contributed by atoms with Crippen LogP contribution in [-0.2, 0) is 0 Å². The summed E-state index contributed by atoms with van der Waals surface area (Å²) >= 11 is 0. The Kier molecular flexibility index (Phi) is 2.83. The molecule has 0 amide bonds. The second-order valence-electron chi connectivity index (χ2n) is 4.45. The van der Waals surface area contributed by atoms with Crippen LogP contribution in [-0.4, -0.2) is 24.2 Å². The van der Waals surface area contributed by atoms with E-state index in [0.717, 1.165) is 30.2 Å². The standard InChI is InChI=1S/C15H14N2O2/c18-15(19)11-6-7-13-14(10-11)17(9-8-16-13)12-4-2-1-3-5-12/h1-7,10,16H,8-9H2,(H,18,19). The third-order valence-electron chi connectivity index (χ3n) is 3.25. The molecule has 0 fully saturated rings. The van der Waals surface area contributed by atoms with Crippen LogP contribution in [0.2, 0.25) is 0 Å². The number of hydrogen-bond donors (Lipinski definition) is 2. The molecule has 0 saturated carbocycles. The first kappa shape index (κ1) is 11.6. The summed E-state index contributed by atoms with van der Waals surface area (Å²) in [6, 6.07) is 15.2. The van der Waals surface area contributed by atoms with Crippen LogP contribution in [0, 0.1) is 0 Å². The van der Waals surface area contributed by atoms with Crippen LogP contribution in [0.1, 0.15) is 10.4 Å². The van der Waals surface area contributed by atoms with Gasteiger partial charge in [0.2, 0.25) is 0 Å². The van der Waals surface area contributed by atoms with E-state index in [1.807, 2.05) is 36.4 Å². The molecule has 0 bridgehead atoms. The third-order valence-corrected chi connectivity index (χ3v) is 3.25. The van der Waals surface area contributed by atoms with E-state index in [0.29, 0.717) is 5.56 Å². The maximum absolute atomic E-state index is 11.1. The molecule has 1 aliphatic heterocycles. The van der Waals surface area contributed by atoms with E-state index in [9.17, 15) is 4.79 Å². The molecule has 1 heterocycles. The minimum Gasteiger partial charge on any atom is -0.478 e. The summed E-state index contributed by atoms with van der Waals surface area (Å²) in [6.45, 7) is 1.66. The molecule has 0 aliphatic carbocycles. The second-order valence-corrected chi connectivity index (χ2v) is 4.45. The number of carboxylic acid groups (broad SMARTS) is 1. The van der Waals surface area contributed by atoms with Crippen LogP contribution in [0.4, 0.5) is 17.1 Å². The van der Waals surface area contributed by atoms with Crippen molar-refractivity contribution in [2.75, 3.05) is 23.3 Å². The number of carbonyl (C=O) groups is 1. The smallest absolute Gasteiger partial charge is 0.335 e. The predicted octanol–water partition coefficient (Wildman–Crippen LogP) is 2.95. The summed E-state index contributed by atoms with van der Waals surface area (Å²) in [7, 11) is 0. The molecule has 0 unspecified atom stereocenters. The fraction of sp³-hybridized carbons (Fsp3) is 0.133. The number of para-hydroxylation sites is 1. The van der Waals surface area contributed by atoms with E-state index < -0.39 is 5.97 Å². The molecule has 2 aromatic carbocycles. The Balaban J connectivity index is 2.08. The number of nitrogens with zero attached hydrogens (tertiary/aromatic N) is 1. The first-order valence-electron chi connectivity index (χ1n) is 6.19. The van der Waals surface area contributed by atoms with Crippen LogP contribution in [0.3, 0.4) is 0 Å². The average Bonchev–Trinajstić information content (AvgIpc) is 2.47. The summed E-state index contributed by atoms with van der Waals surface area (Å²) in [6.07, 6.45) is 0. The number of rotatable bonds is 2. The van der Waals surface area contributed by atoms with Gasteiger partial charge in [0, 0.05) is 18.8 Å². The first-order valence-corrected chi connectivity index (χ1v) is 6.19. The van der Waals surface area contributed by atoms with Crippen LogP contribution in [0.5, 0.6) is 0 Å². The lowest BCUT2D eigenvalue weighted by molar-refractivity contribution is 0.0697. The number of aromatic carboxylic acids is 1. The van der Waals surface area contributed by atoms with E-state index >= 15 is 0 Å². The number of carboxylic acids is 1. The van der Waals surface area contributed by atoms with Gasteiger partial charge < -0.3 is 15.3 Å². The van der Waals surface area contributed by atoms with Crippen LogP contribution >= 0.6 is 0 Å². The van der Waals surface area contributed by atoms with Crippen molar-refractivity contribution in [3.63, 3.8) is 0 Å². The fourth-order valence-electron chi connectivity index (χ4n) is 2.34. The van der Waals surface area contributed by atoms with E-state index in [4.69, 9.17) is 5.11 Å². The van der Waals surface area contributed by atoms with Crippen molar-refractivity contribution in [1.29, 1.82) is 0 Å². The van der Waals surface area contributed by atoms with Gasteiger partial charge in [-0.1, -0.05) is 18.2 Å². The number of nitrogens with one attached hydrogen (secondary N) is 1. The molecular weight excluding hydrogens is 240 g/mol. The first-order chi connectivity index (χ1) is 9.25. The van der Waals surface area contributed by atoms with Gasteiger partial charge in [0.1, 0.15) is 0 Å². The number of hydrogen-bond acceptors (Lipinski definition) is 3. The number of anilines is 3. The Bertz CT molecular complexity index is 611. The van der Waals surface area contributed by atoms with Crippen LogP contribution in [0.15, 0.2) is 48.5 Å². The molecule has 0 aromatic heterocycles. The van der Waals surface area contributed by atoms with Gasteiger partial charge in [-0.2, -0.15) is 0 Å². The lowest BCUT2D eigenvalue weighted by atomic mass is 10.1. The quantitative estimate of drug-likeness (QED) is 0.865. The minimum absolute atomic E-state index is 0.309. The summed E-state index contributed by atoms with van der Waals surface area (Å²) in [5.41, 5.74) is 3.27. The van der Waals surface area contributed by atoms with E-state index in [2.05, 4.69) is 10.2 Å². The minimum atomic E-state index is -0.901. The number of fused-ring (bicyclic) bond motifs is 1. The predicted molar refractivity (Wildman–Crippen MR) is 75.3 cm³/mol. The Morgan fingerprint density at radius 1 is 1.16 bits per heavy atom. The Morgan fingerprint density at radius 3 is 2.68 bits per heavy atom. The molecule has 4 nitrogen and oxygen atoms in total. The summed E-state index contributed by atoms with van der Waals surface area (Å²) in [5, 5.41) is 12.4. The molecule has 0 spiro atoms. The molecule has 2 N–H and O–H groups in total. The summed E-state index contributed by atoms with van der Waals surface area (Å²) < 4.78 is 0. The molecule has 1 aliphatic rings. The van der Waals surface area contributed by atoms with Crippen LogP contribution < -0.4 is 10.2 Å². The molecule has 0 atom stereocenters. The third kappa shape index (κ3) is 2.12. The van der Waals surface area contributed by atoms with Gasteiger partial charge in [-0.15, -0.1) is 0 Å². The topological polar surface area (TPSA) is 52.6 Å². The lowest BCUT2D eigenvalue weighted by Gasteiger charge is -2.32. The zero-order chi connectivity index (χ0) is 13.2. The highest BCUT2D eigenvalue weighted by Gasteiger charge is 2.19. The highest BCUT2D eigenvalue weighted by Crippen LogP contribution is 2.35. The van der Waals surface area contributed by atoms with E-state index in [1.54, 1.807) is 12.1 Å². The maximum atomic E-state index is 11.1. The molecule has 4 heteroatoms. The SMILES string of the molecule is O=C(O)c1ccc2c(c1)N(c1ccccc1)CCN2. The lowest BCUT2D eigenvalue weighted by Crippen LogP contribution is -2.30. The van der Waals surface area contributed by atoms with Crippen molar-refractivity contribution < 1.29 is 9.90 Å². The molecule has 2 aromatic rings. The highest BCUT2D eigenvalue weighted by molar-refractivity contribution is 5.92. The summed E-state index contributed by atoms with van der Waals surface area (Å²) in [4.78, 5) is 13.2. The Hall–Kier alpha value is -2.49. The largest absolute Gasteiger partial charge is 0.478 e. The molecule has 0 saturated heterocycles. The maximum Gasteiger partial charge on any atom is 0.335 e. The molecule has 19 heavy (non-hydrogen) atoms. The molecular formula is C15H14N2O2. The highest BCUT2D eigenvalue weighted by atomic mass is 16.4. The van der Waals surface area contributed by atoms with Gasteiger partial charge in [0.25, 0.3) is 0 Å². The van der Waals surface area contributed by atoms with Gasteiger partial charge in [-0.25, -0.2) is 4.79 Å². The van der Waals surface area contributed by atoms with Crippen LogP contribution in [0.25, 0.3) is 0 Å². The van der Waals surface area contributed by atoms with Crippen molar-refractivity contribution >= 4 is 23.0 Å². The second kappa shape index (κ2) is 4.65. The zero-order valence-corrected chi connectivity index (χ0v) is 10.3. The average molecular weight is 254 g/mol. The molecule has 3 rings (SSSR count).